The molecule has 0 saturated carbocycles. The van der Waals surface area contributed by atoms with E-state index in [4.69, 9.17) is 9.26 Å². The highest BCUT2D eigenvalue weighted by molar-refractivity contribution is 7.46. The fourth-order valence-corrected chi connectivity index (χ4v) is 2.78. The van der Waals surface area contributed by atoms with Crippen LogP contribution in [0.2, 0.25) is 0 Å². The lowest BCUT2D eigenvalue weighted by atomic mass is 9.99. The van der Waals surface area contributed by atoms with Crippen molar-refractivity contribution in [2.24, 2.45) is 0 Å². The predicted octanol–water partition coefficient (Wildman–Crippen LogP) is 4.59. The Morgan fingerprint density at radius 1 is 0.692 bits per heavy atom. The molecule has 0 radical (unpaired) electrons. The van der Waals surface area contributed by atoms with Gasteiger partial charge in [-0.2, -0.15) is 0 Å². The number of phosphoric ester groups is 1. The Kier molecular flexibility index (Phi) is 5.54. The van der Waals surface area contributed by atoms with Crippen LogP contribution in [0.25, 0.3) is 5.57 Å². The van der Waals surface area contributed by atoms with Crippen LogP contribution < -0.4 is 4.74 Å². The van der Waals surface area contributed by atoms with Crippen LogP contribution in [0.15, 0.2) is 96.9 Å². The standard InChI is InChI=1S/C20H17O5P/c21-26(22,23)25-20(24-18-14-8-3-9-15-18)19(16-10-4-1-5-11-16)17-12-6-2-7-13-17/h1-15H,(H2,21,22,23). The largest absolute Gasteiger partial charge is 0.527 e. The zero-order valence-corrected chi connectivity index (χ0v) is 14.6. The minimum Gasteiger partial charge on any atom is -0.426 e. The van der Waals surface area contributed by atoms with E-state index in [9.17, 15) is 14.4 Å². The molecule has 0 atom stereocenters. The third kappa shape index (κ3) is 4.83. The van der Waals surface area contributed by atoms with Gasteiger partial charge in [-0.05, 0) is 23.3 Å². The van der Waals surface area contributed by atoms with Crippen LogP contribution >= 0.6 is 7.82 Å². The maximum atomic E-state index is 11.6. The van der Waals surface area contributed by atoms with Crippen molar-refractivity contribution in [1.82, 2.24) is 0 Å². The van der Waals surface area contributed by atoms with Crippen LogP contribution in [0.4, 0.5) is 0 Å². The van der Waals surface area contributed by atoms with E-state index in [0.717, 1.165) is 0 Å². The summed E-state index contributed by atoms with van der Waals surface area (Å²) in [5.74, 6) is 0.141. The van der Waals surface area contributed by atoms with Gasteiger partial charge in [-0.25, -0.2) is 4.57 Å². The molecule has 132 valence electrons. The summed E-state index contributed by atoms with van der Waals surface area (Å²) < 4.78 is 22.2. The number of para-hydroxylation sites is 1. The molecule has 0 aliphatic carbocycles. The summed E-state index contributed by atoms with van der Waals surface area (Å²) in [6, 6.07) is 27.0. The normalized spacial score (nSPS) is 10.8. The molecule has 3 rings (SSSR count). The zero-order valence-electron chi connectivity index (χ0n) is 13.7. The van der Waals surface area contributed by atoms with E-state index in [1.54, 1.807) is 24.3 Å². The molecule has 0 saturated heterocycles. The molecule has 0 aliphatic rings. The molecule has 5 nitrogen and oxygen atoms in total. The van der Waals surface area contributed by atoms with Gasteiger partial charge in [0.1, 0.15) is 5.75 Å². The average molecular weight is 368 g/mol. The van der Waals surface area contributed by atoms with Crippen LogP contribution in [0.3, 0.4) is 0 Å². The summed E-state index contributed by atoms with van der Waals surface area (Å²) in [6.07, 6.45) is 0. The van der Waals surface area contributed by atoms with E-state index < -0.39 is 7.82 Å². The molecule has 0 fully saturated rings. The SMILES string of the molecule is O=P(O)(O)OC(Oc1ccccc1)=C(c1ccccc1)c1ccccc1. The third-order valence-corrected chi connectivity index (χ3v) is 3.89. The van der Waals surface area contributed by atoms with Gasteiger partial charge in [0.05, 0.1) is 5.57 Å². The maximum absolute atomic E-state index is 11.6. The Balaban J connectivity index is 2.20. The molecule has 2 N–H and O–H groups in total. The van der Waals surface area contributed by atoms with E-state index in [1.165, 1.54) is 0 Å². The molecular formula is C20H17O5P. The van der Waals surface area contributed by atoms with Crippen molar-refractivity contribution in [2.45, 2.75) is 0 Å². The van der Waals surface area contributed by atoms with E-state index in [0.29, 0.717) is 22.4 Å². The van der Waals surface area contributed by atoms with Crippen LogP contribution in [0.1, 0.15) is 11.1 Å². The van der Waals surface area contributed by atoms with Gasteiger partial charge in [-0.3, -0.25) is 9.79 Å². The lowest BCUT2D eigenvalue weighted by molar-refractivity contribution is 0.167. The molecule has 0 aromatic heterocycles. The Labute approximate surface area is 151 Å². The smallest absolute Gasteiger partial charge is 0.426 e. The molecule has 0 heterocycles. The van der Waals surface area contributed by atoms with Crippen molar-refractivity contribution in [2.75, 3.05) is 0 Å². The number of rotatable bonds is 6. The Bertz CT molecular complexity index is 877. The van der Waals surface area contributed by atoms with Gasteiger partial charge in [0, 0.05) is 0 Å². The van der Waals surface area contributed by atoms with Gasteiger partial charge in [-0.15, -0.1) is 0 Å². The van der Waals surface area contributed by atoms with Crippen molar-refractivity contribution in [3.63, 3.8) is 0 Å². The Morgan fingerprint density at radius 2 is 1.12 bits per heavy atom. The molecular weight excluding hydrogens is 351 g/mol. The molecule has 0 bridgehead atoms. The molecule has 6 heteroatoms. The Morgan fingerprint density at radius 3 is 1.54 bits per heavy atom. The first kappa shape index (κ1) is 18.0. The first-order valence-electron chi connectivity index (χ1n) is 7.86. The first-order chi connectivity index (χ1) is 12.5. The summed E-state index contributed by atoms with van der Waals surface area (Å²) in [5.41, 5.74) is 1.86. The van der Waals surface area contributed by atoms with E-state index in [2.05, 4.69) is 0 Å². The van der Waals surface area contributed by atoms with Crippen LogP contribution in [0, 0.1) is 0 Å². The van der Waals surface area contributed by atoms with E-state index in [1.807, 2.05) is 66.7 Å². The monoisotopic (exact) mass is 368 g/mol. The van der Waals surface area contributed by atoms with Crippen LogP contribution in [-0.4, -0.2) is 9.79 Å². The van der Waals surface area contributed by atoms with Crippen molar-refractivity contribution in [1.29, 1.82) is 0 Å². The molecule has 0 spiro atoms. The lowest BCUT2D eigenvalue weighted by Crippen LogP contribution is -2.05. The minimum atomic E-state index is -4.84. The highest BCUT2D eigenvalue weighted by Gasteiger charge is 2.24. The van der Waals surface area contributed by atoms with Crippen LogP contribution in [0.5, 0.6) is 5.75 Å². The highest BCUT2D eigenvalue weighted by Crippen LogP contribution is 2.42. The molecule has 0 unspecified atom stereocenters. The lowest BCUT2D eigenvalue weighted by Gasteiger charge is -2.17. The van der Waals surface area contributed by atoms with Gasteiger partial charge in [0.25, 0.3) is 0 Å². The fraction of sp³-hybridized carbons (Fsp3) is 0. The van der Waals surface area contributed by atoms with E-state index in [-0.39, 0.29) is 5.95 Å². The second-order valence-corrected chi connectivity index (χ2v) is 6.56. The van der Waals surface area contributed by atoms with Gasteiger partial charge >= 0.3 is 13.8 Å². The number of benzene rings is 3. The molecule has 26 heavy (non-hydrogen) atoms. The quantitative estimate of drug-likeness (QED) is 0.492. The zero-order chi connectivity index (χ0) is 18.4. The fourth-order valence-electron chi connectivity index (χ4n) is 2.43. The molecule has 0 aliphatic heterocycles. The van der Waals surface area contributed by atoms with Gasteiger partial charge < -0.3 is 9.26 Å². The molecule has 0 amide bonds. The average Bonchev–Trinajstić information content (AvgIpc) is 2.63. The third-order valence-electron chi connectivity index (χ3n) is 3.48. The minimum absolute atomic E-state index is 0.262. The summed E-state index contributed by atoms with van der Waals surface area (Å²) in [4.78, 5) is 18.8. The van der Waals surface area contributed by atoms with Gasteiger partial charge in [-0.1, -0.05) is 78.9 Å². The number of ether oxygens (including phenoxy) is 1. The van der Waals surface area contributed by atoms with Crippen molar-refractivity contribution < 1.29 is 23.6 Å². The Hall–Kier alpha value is -2.85. The number of hydrogen-bond donors (Lipinski definition) is 2. The van der Waals surface area contributed by atoms with Crippen molar-refractivity contribution in [3.8, 4) is 5.75 Å². The second kappa shape index (κ2) is 8.02. The molecule has 3 aromatic carbocycles. The van der Waals surface area contributed by atoms with Crippen molar-refractivity contribution in [3.05, 3.63) is 108 Å². The predicted molar refractivity (Wildman–Crippen MR) is 99.1 cm³/mol. The van der Waals surface area contributed by atoms with Gasteiger partial charge in [0.15, 0.2) is 0 Å². The topological polar surface area (TPSA) is 76.0 Å². The van der Waals surface area contributed by atoms with Crippen molar-refractivity contribution >= 4 is 13.4 Å². The van der Waals surface area contributed by atoms with E-state index >= 15 is 0 Å². The summed E-state index contributed by atoms with van der Waals surface area (Å²) in [5, 5.41) is 0. The maximum Gasteiger partial charge on any atom is 0.527 e. The first-order valence-corrected chi connectivity index (χ1v) is 9.39. The summed E-state index contributed by atoms with van der Waals surface area (Å²) in [6.45, 7) is 0. The summed E-state index contributed by atoms with van der Waals surface area (Å²) in [7, 11) is -4.84. The summed E-state index contributed by atoms with van der Waals surface area (Å²) >= 11 is 0. The molecule has 3 aromatic rings. The van der Waals surface area contributed by atoms with Gasteiger partial charge in [0.2, 0.25) is 0 Å². The second-order valence-electron chi connectivity index (χ2n) is 5.39. The van der Waals surface area contributed by atoms with Crippen LogP contribution in [-0.2, 0) is 9.09 Å². The number of phosphoric acid groups is 1. The number of hydrogen-bond acceptors (Lipinski definition) is 3. The highest BCUT2D eigenvalue weighted by atomic mass is 31.2.